The number of rotatable bonds is 5. The van der Waals surface area contributed by atoms with E-state index in [2.05, 4.69) is 6.92 Å². The van der Waals surface area contributed by atoms with E-state index in [9.17, 15) is 0 Å². The van der Waals surface area contributed by atoms with E-state index in [4.69, 9.17) is 16.6 Å². The summed E-state index contributed by atoms with van der Waals surface area (Å²) in [6.45, 7) is 2.30. The molecule has 3 heteroatoms. The topological polar surface area (TPSA) is 72.3 Å². The number of nitrogens with two attached hydrogens (primary N) is 2. The van der Waals surface area contributed by atoms with E-state index < -0.39 is 0 Å². The van der Waals surface area contributed by atoms with Crippen molar-refractivity contribution in [1.82, 2.24) is 0 Å². The lowest BCUT2D eigenvalue weighted by atomic mass is 10.00. The van der Waals surface area contributed by atoms with Crippen molar-refractivity contribution in [2.24, 2.45) is 17.4 Å². The minimum absolute atomic E-state index is 0.207. The third kappa shape index (κ3) is 4.73. The molecule has 0 aromatic rings. The van der Waals surface area contributed by atoms with E-state index in [1.807, 2.05) is 0 Å². The van der Waals surface area contributed by atoms with Gasteiger partial charge in [0.25, 0.3) is 0 Å². The molecule has 0 amide bonds. The zero-order valence-electron chi connectivity index (χ0n) is 6.59. The molecular weight excluding hydrogens is 128 g/mol. The van der Waals surface area contributed by atoms with Gasteiger partial charge in [-0.1, -0.05) is 13.3 Å². The average Bonchev–Trinajstić information content (AvgIpc) is 1.86. The molecule has 3 nitrogen and oxygen atoms in total. The van der Waals surface area contributed by atoms with Crippen molar-refractivity contribution in [3.63, 3.8) is 0 Å². The van der Waals surface area contributed by atoms with Gasteiger partial charge in [-0.15, -0.1) is 0 Å². The summed E-state index contributed by atoms with van der Waals surface area (Å²) in [6.07, 6.45) is 2.55. The van der Waals surface area contributed by atoms with Crippen molar-refractivity contribution >= 4 is 0 Å². The van der Waals surface area contributed by atoms with Gasteiger partial charge in [0, 0.05) is 6.61 Å². The van der Waals surface area contributed by atoms with Crippen molar-refractivity contribution < 1.29 is 5.11 Å². The maximum absolute atomic E-state index is 8.79. The monoisotopic (exact) mass is 146 g/mol. The van der Waals surface area contributed by atoms with Crippen LogP contribution in [0, 0.1) is 5.92 Å². The van der Waals surface area contributed by atoms with Crippen LogP contribution < -0.4 is 11.5 Å². The summed E-state index contributed by atoms with van der Waals surface area (Å²) in [7, 11) is 0. The van der Waals surface area contributed by atoms with E-state index in [0.29, 0.717) is 5.92 Å². The van der Waals surface area contributed by atoms with Crippen LogP contribution in [0.15, 0.2) is 0 Å². The molecule has 62 valence electrons. The van der Waals surface area contributed by atoms with Crippen LogP contribution in [-0.4, -0.2) is 17.9 Å². The van der Waals surface area contributed by atoms with Gasteiger partial charge in [0.15, 0.2) is 0 Å². The van der Waals surface area contributed by atoms with E-state index in [-0.39, 0.29) is 12.8 Å². The predicted octanol–water partition coefficient (Wildman–Crippen LogP) is 0.0286. The Balaban J connectivity index is 3.39. The van der Waals surface area contributed by atoms with Gasteiger partial charge in [0.05, 0.1) is 6.17 Å². The van der Waals surface area contributed by atoms with Crippen LogP contribution in [-0.2, 0) is 0 Å². The van der Waals surface area contributed by atoms with Crippen molar-refractivity contribution in [2.45, 2.75) is 32.4 Å². The summed E-state index contributed by atoms with van der Waals surface area (Å²) in [5, 5.41) is 8.79. The van der Waals surface area contributed by atoms with Crippen molar-refractivity contribution in [3.8, 4) is 0 Å². The minimum atomic E-state index is -0.274. The molecule has 1 unspecified atom stereocenters. The highest BCUT2D eigenvalue weighted by Gasteiger charge is 2.07. The third-order valence-corrected chi connectivity index (χ3v) is 1.56. The Morgan fingerprint density at radius 3 is 2.30 bits per heavy atom. The molecule has 0 saturated heterocycles. The molecular formula is C7H18N2O. The highest BCUT2D eigenvalue weighted by Crippen LogP contribution is 2.09. The molecule has 0 fully saturated rings. The number of hydrogen-bond donors (Lipinski definition) is 3. The summed E-state index contributed by atoms with van der Waals surface area (Å²) >= 11 is 0. The largest absolute Gasteiger partial charge is 0.396 e. The van der Waals surface area contributed by atoms with Gasteiger partial charge >= 0.3 is 0 Å². The Morgan fingerprint density at radius 2 is 2.00 bits per heavy atom. The first-order valence-corrected chi connectivity index (χ1v) is 3.82. The molecule has 0 aliphatic heterocycles. The molecule has 5 N–H and O–H groups in total. The predicted molar refractivity (Wildman–Crippen MR) is 42.3 cm³/mol. The molecule has 0 heterocycles. The molecule has 0 saturated carbocycles. The zero-order chi connectivity index (χ0) is 7.98. The Labute approximate surface area is 62.4 Å². The van der Waals surface area contributed by atoms with Gasteiger partial charge < -0.3 is 16.6 Å². The molecule has 1 atom stereocenters. The smallest absolute Gasteiger partial charge is 0.0524 e. The third-order valence-electron chi connectivity index (χ3n) is 1.56. The number of aliphatic hydroxyl groups is 1. The maximum Gasteiger partial charge on any atom is 0.0524 e. The molecule has 10 heavy (non-hydrogen) atoms. The molecule has 0 aromatic heterocycles. The van der Waals surface area contributed by atoms with Gasteiger partial charge in [-0.2, -0.15) is 0 Å². The molecule has 0 rings (SSSR count). The van der Waals surface area contributed by atoms with Crippen molar-refractivity contribution in [2.75, 3.05) is 6.61 Å². The van der Waals surface area contributed by atoms with Crippen LogP contribution in [0.1, 0.15) is 26.2 Å². The van der Waals surface area contributed by atoms with Crippen molar-refractivity contribution in [3.05, 3.63) is 0 Å². The second-order valence-corrected chi connectivity index (χ2v) is 2.74. The average molecular weight is 146 g/mol. The summed E-state index contributed by atoms with van der Waals surface area (Å²) in [4.78, 5) is 0. The molecule has 0 spiro atoms. The maximum atomic E-state index is 8.79. The zero-order valence-corrected chi connectivity index (χ0v) is 6.59. The summed E-state index contributed by atoms with van der Waals surface area (Å²) in [5.74, 6) is 0.296. The van der Waals surface area contributed by atoms with Gasteiger partial charge in [-0.25, -0.2) is 0 Å². The molecule has 0 radical (unpaired) electrons. The molecule has 0 aromatic carbocycles. The Kier molecular flexibility index (Phi) is 5.58. The molecule has 0 bridgehead atoms. The van der Waals surface area contributed by atoms with E-state index >= 15 is 0 Å². The van der Waals surface area contributed by atoms with Gasteiger partial charge in [-0.05, 0) is 18.8 Å². The second-order valence-electron chi connectivity index (χ2n) is 2.74. The molecule has 0 aliphatic carbocycles. The summed E-state index contributed by atoms with van der Waals surface area (Å²) in [5.41, 5.74) is 10.7. The minimum Gasteiger partial charge on any atom is -0.396 e. The summed E-state index contributed by atoms with van der Waals surface area (Å²) < 4.78 is 0. The lowest BCUT2D eigenvalue weighted by Crippen LogP contribution is -2.33. The van der Waals surface area contributed by atoms with Crippen LogP contribution >= 0.6 is 0 Å². The standard InChI is InChI=1S/C7H18N2O/c1-2-3-6(5-10)4-7(8)9/h6-7,10H,2-5,8-9H2,1H3. The number of hydrogen-bond acceptors (Lipinski definition) is 3. The fourth-order valence-electron chi connectivity index (χ4n) is 1.08. The first-order valence-electron chi connectivity index (χ1n) is 3.82. The van der Waals surface area contributed by atoms with E-state index in [1.165, 1.54) is 0 Å². The van der Waals surface area contributed by atoms with Crippen LogP contribution in [0.25, 0.3) is 0 Å². The van der Waals surface area contributed by atoms with Crippen LogP contribution in [0.3, 0.4) is 0 Å². The van der Waals surface area contributed by atoms with Crippen LogP contribution in [0.4, 0.5) is 0 Å². The Hall–Kier alpha value is -0.120. The number of aliphatic hydroxyl groups excluding tert-OH is 1. The normalized spacial score (nSPS) is 14.1. The van der Waals surface area contributed by atoms with Gasteiger partial charge in [0.2, 0.25) is 0 Å². The highest BCUT2D eigenvalue weighted by molar-refractivity contribution is 4.62. The Bertz CT molecular complexity index is 76.0. The van der Waals surface area contributed by atoms with Gasteiger partial charge in [0.1, 0.15) is 0 Å². The lowest BCUT2D eigenvalue weighted by molar-refractivity contribution is 0.203. The van der Waals surface area contributed by atoms with Crippen LogP contribution in [0.2, 0.25) is 0 Å². The first-order chi connectivity index (χ1) is 4.70. The van der Waals surface area contributed by atoms with Crippen molar-refractivity contribution in [1.29, 1.82) is 0 Å². The SMILES string of the molecule is CCCC(CO)CC(N)N. The molecule has 0 aliphatic rings. The van der Waals surface area contributed by atoms with Gasteiger partial charge in [-0.3, -0.25) is 0 Å². The van der Waals surface area contributed by atoms with E-state index in [1.54, 1.807) is 0 Å². The fraction of sp³-hybridized carbons (Fsp3) is 1.00. The van der Waals surface area contributed by atoms with Crippen LogP contribution in [0.5, 0.6) is 0 Å². The second kappa shape index (κ2) is 5.65. The summed E-state index contributed by atoms with van der Waals surface area (Å²) in [6, 6.07) is 0. The fourth-order valence-corrected chi connectivity index (χ4v) is 1.08. The lowest BCUT2D eigenvalue weighted by Gasteiger charge is -2.14. The van der Waals surface area contributed by atoms with E-state index in [0.717, 1.165) is 19.3 Å². The first kappa shape index (κ1) is 9.88. The highest BCUT2D eigenvalue weighted by atomic mass is 16.3. The quantitative estimate of drug-likeness (QED) is 0.479. The Morgan fingerprint density at radius 1 is 1.40 bits per heavy atom.